The first-order chi connectivity index (χ1) is 12.1. The van der Waals surface area contributed by atoms with Gasteiger partial charge in [0.25, 0.3) is 5.91 Å². The summed E-state index contributed by atoms with van der Waals surface area (Å²) in [4.78, 5) is 19.1. The van der Waals surface area contributed by atoms with Crippen molar-refractivity contribution in [3.63, 3.8) is 0 Å². The number of phenols is 1. The van der Waals surface area contributed by atoms with Crippen LogP contribution in [0.15, 0.2) is 30.6 Å². The van der Waals surface area contributed by atoms with Crippen LogP contribution in [0.5, 0.6) is 5.75 Å². The Morgan fingerprint density at radius 2 is 2.32 bits per heavy atom. The minimum atomic E-state index is -0.172. The minimum Gasteiger partial charge on any atom is -0.507 e. The molecule has 0 unspecified atom stereocenters. The zero-order valence-electron chi connectivity index (χ0n) is 14.2. The maximum atomic E-state index is 12.8. The van der Waals surface area contributed by atoms with Crippen LogP contribution in [0.1, 0.15) is 34.9 Å². The smallest absolute Gasteiger partial charge is 0.257 e. The Hall–Kier alpha value is -2.05. The Balaban J connectivity index is 1.75. The molecule has 0 aliphatic carbocycles. The summed E-state index contributed by atoms with van der Waals surface area (Å²) in [6.07, 6.45) is 5.62. The quantitative estimate of drug-likeness (QED) is 0.886. The molecule has 134 valence electrons. The lowest BCUT2D eigenvalue weighted by atomic mass is 9.96. The van der Waals surface area contributed by atoms with Gasteiger partial charge in [-0.15, -0.1) is 0 Å². The van der Waals surface area contributed by atoms with Crippen LogP contribution < -0.4 is 0 Å². The third-order valence-electron chi connectivity index (χ3n) is 4.55. The zero-order chi connectivity index (χ0) is 17.8. The zero-order valence-corrected chi connectivity index (χ0v) is 14.9. The number of likely N-dealkylation sites (tertiary alicyclic amines) is 1. The number of nitrogens with zero attached hydrogens (tertiary/aromatic N) is 3. The van der Waals surface area contributed by atoms with E-state index in [1.807, 2.05) is 6.20 Å². The molecular weight excluding hydrogens is 342 g/mol. The summed E-state index contributed by atoms with van der Waals surface area (Å²) in [5.74, 6) is 0.906. The maximum Gasteiger partial charge on any atom is 0.257 e. The minimum absolute atomic E-state index is 0.0822. The standard InChI is InChI=1S/C18H22ClN3O3/c1-25-10-9-21-8-6-20-17(21)13-3-2-7-22(12-13)18(24)15-5-4-14(19)11-16(15)23/h4-6,8,11,13,23H,2-3,7,9-10,12H2,1H3/t13-/m1/s1. The van der Waals surface area contributed by atoms with Crippen LogP contribution in [0.4, 0.5) is 0 Å². The van der Waals surface area contributed by atoms with Gasteiger partial charge in [-0.2, -0.15) is 0 Å². The Morgan fingerprint density at radius 1 is 1.48 bits per heavy atom. The highest BCUT2D eigenvalue weighted by molar-refractivity contribution is 6.30. The first kappa shape index (κ1) is 17.8. The molecule has 2 heterocycles. The van der Waals surface area contributed by atoms with E-state index >= 15 is 0 Å². The highest BCUT2D eigenvalue weighted by Crippen LogP contribution is 2.29. The molecule has 7 heteroatoms. The third-order valence-corrected chi connectivity index (χ3v) is 4.78. The number of aromatic nitrogens is 2. The second kappa shape index (κ2) is 7.89. The van der Waals surface area contributed by atoms with E-state index in [9.17, 15) is 9.90 Å². The summed E-state index contributed by atoms with van der Waals surface area (Å²) in [6, 6.07) is 4.59. The van der Waals surface area contributed by atoms with Crippen molar-refractivity contribution in [1.82, 2.24) is 14.5 Å². The number of rotatable bonds is 5. The fourth-order valence-electron chi connectivity index (χ4n) is 3.29. The van der Waals surface area contributed by atoms with E-state index in [0.29, 0.717) is 24.7 Å². The molecule has 1 aliphatic rings. The average Bonchev–Trinajstić information content (AvgIpc) is 3.08. The number of halogens is 1. The van der Waals surface area contributed by atoms with E-state index in [0.717, 1.165) is 25.2 Å². The Morgan fingerprint density at radius 3 is 3.08 bits per heavy atom. The van der Waals surface area contributed by atoms with Crippen LogP contribution in [0, 0.1) is 0 Å². The summed E-state index contributed by atoms with van der Waals surface area (Å²) >= 11 is 5.85. The van der Waals surface area contributed by atoms with E-state index in [1.165, 1.54) is 6.07 Å². The second-order valence-corrected chi connectivity index (χ2v) is 6.66. The van der Waals surface area contributed by atoms with E-state index in [2.05, 4.69) is 9.55 Å². The summed E-state index contributed by atoms with van der Waals surface area (Å²) < 4.78 is 7.23. The van der Waals surface area contributed by atoms with Gasteiger partial charge in [0.2, 0.25) is 0 Å². The topological polar surface area (TPSA) is 67.6 Å². The number of aromatic hydroxyl groups is 1. The van der Waals surface area contributed by atoms with Crippen molar-refractivity contribution in [3.05, 3.63) is 47.0 Å². The Labute approximate surface area is 152 Å². The van der Waals surface area contributed by atoms with Crippen molar-refractivity contribution in [1.29, 1.82) is 0 Å². The van der Waals surface area contributed by atoms with Gasteiger partial charge in [-0.05, 0) is 31.0 Å². The molecule has 0 bridgehead atoms. The van der Waals surface area contributed by atoms with E-state index in [1.54, 1.807) is 30.3 Å². The number of hydrogen-bond donors (Lipinski definition) is 1. The van der Waals surface area contributed by atoms with Crippen molar-refractivity contribution in [3.8, 4) is 5.75 Å². The average molecular weight is 364 g/mol. The molecule has 3 rings (SSSR count). The van der Waals surface area contributed by atoms with Gasteiger partial charge in [-0.1, -0.05) is 11.6 Å². The van der Waals surface area contributed by atoms with Gasteiger partial charge in [0.1, 0.15) is 11.6 Å². The summed E-state index contributed by atoms with van der Waals surface area (Å²) in [6.45, 7) is 2.63. The number of carbonyl (C=O) groups excluding carboxylic acids is 1. The van der Waals surface area contributed by atoms with Crippen molar-refractivity contribution < 1.29 is 14.6 Å². The molecule has 1 N–H and O–H groups in total. The van der Waals surface area contributed by atoms with Crippen LogP contribution >= 0.6 is 11.6 Å². The van der Waals surface area contributed by atoms with Crippen molar-refractivity contribution in [2.45, 2.75) is 25.3 Å². The number of phenolic OH excluding ortho intramolecular Hbond substituents is 1. The van der Waals surface area contributed by atoms with E-state index in [-0.39, 0.29) is 23.1 Å². The molecule has 25 heavy (non-hydrogen) atoms. The van der Waals surface area contributed by atoms with Gasteiger partial charge in [-0.3, -0.25) is 4.79 Å². The lowest BCUT2D eigenvalue weighted by molar-refractivity contribution is 0.0699. The second-order valence-electron chi connectivity index (χ2n) is 6.22. The largest absolute Gasteiger partial charge is 0.507 e. The molecule has 0 radical (unpaired) electrons. The van der Waals surface area contributed by atoms with Gasteiger partial charge in [0.05, 0.1) is 12.2 Å². The fraction of sp³-hybridized carbons (Fsp3) is 0.444. The first-order valence-electron chi connectivity index (χ1n) is 8.38. The van der Waals surface area contributed by atoms with Gasteiger partial charge < -0.3 is 19.3 Å². The predicted octanol–water partition coefficient (Wildman–Crippen LogP) is 2.91. The Bertz CT molecular complexity index is 747. The number of methoxy groups -OCH3 is 1. The van der Waals surface area contributed by atoms with Crippen molar-refractivity contribution >= 4 is 17.5 Å². The predicted molar refractivity (Wildman–Crippen MR) is 95.1 cm³/mol. The van der Waals surface area contributed by atoms with Crippen LogP contribution in [-0.4, -0.2) is 52.3 Å². The monoisotopic (exact) mass is 363 g/mol. The lowest BCUT2D eigenvalue weighted by Gasteiger charge is -2.33. The summed E-state index contributed by atoms with van der Waals surface area (Å²) in [5, 5.41) is 10.4. The van der Waals surface area contributed by atoms with E-state index < -0.39 is 0 Å². The van der Waals surface area contributed by atoms with Gasteiger partial charge in [0.15, 0.2) is 0 Å². The molecule has 1 amide bonds. The summed E-state index contributed by atoms with van der Waals surface area (Å²) in [5.41, 5.74) is 0.285. The number of carbonyl (C=O) groups is 1. The summed E-state index contributed by atoms with van der Waals surface area (Å²) in [7, 11) is 1.68. The number of ether oxygens (including phenoxy) is 1. The van der Waals surface area contributed by atoms with Gasteiger partial charge in [0, 0.05) is 50.1 Å². The molecule has 1 aromatic carbocycles. The highest BCUT2D eigenvalue weighted by Gasteiger charge is 2.29. The normalized spacial score (nSPS) is 17.7. The van der Waals surface area contributed by atoms with E-state index in [4.69, 9.17) is 16.3 Å². The van der Waals surface area contributed by atoms with Crippen LogP contribution in [0.3, 0.4) is 0 Å². The van der Waals surface area contributed by atoms with Crippen molar-refractivity contribution in [2.24, 2.45) is 0 Å². The molecule has 1 fully saturated rings. The Kier molecular flexibility index (Phi) is 5.60. The highest BCUT2D eigenvalue weighted by atomic mass is 35.5. The molecular formula is C18H22ClN3O3. The van der Waals surface area contributed by atoms with Crippen LogP contribution in [0.25, 0.3) is 0 Å². The number of benzene rings is 1. The molecule has 2 aromatic rings. The lowest BCUT2D eigenvalue weighted by Crippen LogP contribution is -2.39. The molecule has 1 aromatic heterocycles. The SMILES string of the molecule is COCCn1ccnc1[C@@H]1CCCN(C(=O)c2ccc(Cl)cc2O)C1. The molecule has 6 nitrogen and oxygen atoms in total. The first-order valence-corrected chi connectivity index (χ1v) is 8.75. The van der Waals surface area contributed by atoms with Crippen LogP contribution in [-0.2, 0) is 11.3 Å². The van der Waals surface area contributed by atoms with Crippen LogP contribution in [0.2, 0.25) is 5.02 Å². The maximum absolute atomic E-state index is 12.8. The number of hydrogen-bond acceptors (Lipinski definition) is 4. The number of amides is 1. The van der Waals surface area contributed by atoms with Gasteiger partial charge >= 0.3 is 0 Å². The fourth-order valence-corrected chi connectivity index (χ4v) is 3.45. The van der Waals surface area contributed by atoms with Gasteiger partial charge in [-0.25, -0.2) is 4.98 Å². The third kappa shape index (κ3) is 3.96. The number of piperidine rings is 1. The molecule has 0 spiro atoms. The molecule has 1 atom stereocenters. The molecule has 0 saturated carbocycles. The van der Waals surface area contributed by atoms with Crippen molar-refractivity contribution in [2.75, 3.05) is 26.8 Å². The molecule has 1 aliphatic heterocycles. The number of imidazole rings is 1. The molecule has 1 saturated heterocycles.